The van der Waals surface area contributed by atoms with Gasteiger partial charge in [-0.2, -0.15) is 0 Å². The van der Waals surface area contributed by atoms with Gasteiger partial charge in [0.1, 0.15) is 0 Å². The number of aliphatic hydroxyl groups excluding tert-OH is 1. The summed E-state index contributed by atoms with van der Waals surface area (Å²) in [6, 6.07) is 0. The molecule has 4 nitrogen and oxygen atoms in total. The number of carbonyl (C=O) groups excluding carboxylic acids is 1. The third-order valence-corrected chi connectivity index (χ3v) is 4.35. The number of hydrogen-bond acceptors (Lipinski definition) is 4. The smallest absolute Gasteiger partial charge is 0.308 e. The molecule has 0 radical (unpaired) electrons. The van der Waals surface area contributed by atoms with Crippen LogP contribution in [0.3, 0.4) is 0 Å². The molecule has 0 aromatic rings. The lowest BCUT2D eigenvalue weighted by Crippen LogP contribution is -2.37. The van der Waals surface area contributed by atoms with Crippen LogP contribution in [0, 0.1) is 5.92 Å². The third kappa shape index (κ3) is 7.41. The minimum absolute atomic E-state index is 0.0736. The Kier molecular flexibility index (Phi) is 8.72. The molecule has 0 amide bonds. The second kappa shape index (κ2) is 10.0. The number of aliphatic hydroxyl groups is 2. The lowest BCUT2D eigenvalue weighted by molar-refractivity contribution is -0.150. The Bertz CT molecular complexity index is 353. The molecule has 22 heavy (non-hydrogen) atoms. The molecule has 0 aliphatic heterocycles. The van der Waals surface area contributed by atoms with E-state index in [9.17, 15) is 15.0 Å². The van der Waals surface area contributed by atoms with E-state index >= 15 is 0 Å². The largest absolute Gasteiger partial charge is 0.466 e. The molecule has 0 aromatic carbocycles. The van der Waals surface area contributed by atoms with Gasteiger partial charge >= 0.3 is 5.97 Å². The molecule has 0 heterocycles. The van der Waals surface area contributed by atoms with E-state index < -0.39 is 11.7 Å². The summed E-state index contributed by atoms with van der Waals surface area (Å²) in [5, 5.41) is 20.5. The van der Waals surface area contributed by atoms with Crippen molar-refractivity contribution in [3.8, 4) is 0 Å². The van der Waals surface area contributed by atoms with E-state index in [0.717, 1.165) is 38.5 Å². The van der Waals surface area contributed by atoms with E-state index in [1.165, 1.54) is 0 Å². The molecule has 0 aromatic heterocycles. The quantitative estimate of drug-likeness (QED) is 0.389. The summed E-state index contributed by atoms with van der Waals surface area (Å²) in [7, 11) is 0. The first-order valence-electron chi connectivity index (χ1n) is 8.73. The highest BCUT2D eigenvalue weighted by atomic mass is 16.5. The molecule has 1 aliphatic carbocycles. The van der Waals surface area contributed by atoms with Crippen LogP contribution in [0.2, 0.25) is 0 Å². The van der Waals surface area contributed by atoms with Gasteiger partial charge in [-0.05, 0) is 44.9 Å². The van der Waals surface area contributed by atoms with E-state index in [4.69, 9.17) is 4.74 Å². The van der Waals surface area contributed by atoms with Crippen molar-refractivity contribution in [2.75, 3.05) is 6.61 Å². The Morgan fingerprint density at radius 2 is 2.18 bits per heavy atom. The Hall–Kier alpha value is -0.870. The van der Waals surface area contributed by atoms with Gasteiger partial charge in [-0.1, -0.05) is 38.3 Å². The number of carbonyl (C=O) groups is 1. The van der Waals surface area contributed by atoms with Crippen molar-refractivity contribution < 1.29 is 19.7 Å². The van der Waals surface area contributed by atoms with Crippen molar-refractivity contribution >= 4 is 5.97 Å². The Morgan fingerprint density at radius 1 is 1.41 bits per heavy atom. The fourth-order valence-electron chi connectivity index (χ4n) is 3.18. The minimum atomic E-state index is -0.952. The van der Waals surface area contributed by atoms with Crippen LogP contribution in [0.25, 0.3) is 0 Å². The van der Waals surface area contributed by atoms with Crippen LogP contribution < -0.4 is 0 Å². The predicted octanol–water partition coefficient (Wildman–Crippen LogP) is 3.36. The molecule has 1 unspecified atom stereocenters. The summed E-state index contributed by atoms with van der Waals surface area (Å²) in [6.45, 7) is 4.27. The fourth-order valence-corrected chi connectivity index (χ4v) is 3.18. The van der Waals surface area contributed by atoms with Crippen molar-refractivity contribution in [3.05, 3.63) is 12.2 Å². The summed E-state index contributed by atoms with van der Waals surface area (Å²) < 4.78 is 4.94. The number of unbranched alkanes of at least 4 members (excludes halogenated alkanes) is 2. The van der Waals surface area contributed by atoms with Gasteiger partial charge in [0.05, 0.1) is 24.7 Å². The Balaban J connectivity index is 2.43. The van der Waals surface area contributed by atoms with Crippen LogP contribution in [-0.4, -0.2) is 34.5 Å². The van der Waals surface area contributed by atoms with Crippen LogP contribution in [0.15, 0.2) is 12.2 Å². The molecular formula is C18H32O4. The predicted molar refractivity (Wildman–Crippen MR) is 87.4 cm³/mol. The fraction of sp³-hybridized carbons (Fsp3) is 0.833. The molecule has 1 aliphatic rings. The second-order valence-electron chi connectivity index (χ2n) is 6.51. The number of ether oxygens (including phenoxy) is 1. The molecule has 1 saturated carbocycles. The summed E-state index contributed by atoms with van der Waals surface area (Å²) in [5.74, 6) is -0.0942. The van der Waals surface area contributed by atoms with Crippen molar-refractivity contribution in [1.82, 2.24) is 0 Å². The molecule has 0 bridgehead atoms. The SMILES string of the molecule is CCCCCC(O)C=C[C@@H]1CCC[C@@](O)(CC(=O)OCC)C1. The molecule has 3 atom stereocenters. The van der Waals surface area contributed by atoms with Gasteiger partial charge in [0, 0.05) is 0 Å². The van der Waals surface area contributed by atoms with Gasteiger partial charge < -0.3 is 14.9 Å². The first kappa shape index (κ1) is 19.2. The zero-order valence-corrected chi connectivity index (χ0v) is 14.1. The van der Waals surface area contributed by atoms with Gasteiger partial charge in [0.15, 0.2) is 0 Å². The third-order valence-electron chi connectivity index (χ3n) is 4.35. The average Bonchev–Trinajstić information content (AvgIpc) is 2.45. The molecule has 2 N–H and O–H groups in total. The zero-order chi connectivity index (χ0) is 16.4. The Labute approximate surface area is 134 Å². The van der Waals surface area contributed by atoms with Gasteiger partial charge in [0.25, 0.3) is 0 Å². The molecular weight excluding hydrogens is 280 g/mol. The standard InChI is InChI=1S/C18H32O4/c1-3-5-6-9-16(19)11-10-15-8-7-12-18(21,13-15)14-17(20)22-4-2/h10-11,15-16,19,21H,3-9,12-14H2,1-2H3/t15-,16?,18-/m0/s1. The lowest BCUT2D eigenvalue weighted by Gasteiger charge is -2.35. The lowest BCUT2D eigenvalue weighted by atomic mass is 9.76. The van der Waals surface area contributed by atoms with E-state index in [0.29, 0.717) is 19.4 Å². The highest BCUT2D eigenvalue weighted by Gasteiger charge is 2.35. The summed E-state index contributed by atoms with van der Waals surface area (Å²) in [5.41, 5.74) is -0.952. The van der Waals surface area contributed by atoms with Crippen LogP contribution in [0.4, 0.5) is 0 Å². The van der Waals surface area contributed by atoms with Gasteiger partial charge in [0.2, 0.25) is 0 Å². The first-order valence-corrected chi connectivity index (χ1v) is 8.73. The average molecular weight is 312 g/mol. The summed E-state index contributed by atoms with van der Waals surface area (Å²) in [4.78, 5) is 11.6. The van der Waals surface area contributed by atoms with Gasteiger partial charge in [-0.3, -0.25) is 4.79 Å². The maximum absolute atomic E-state index is 11.6. The molecule has 1 rings (SSSR count). The maximum atomic E-state index is 11.6. The monoisotopic (exact) mass is 312 g/mol. The van der Waals surface area contributed by atoms with Crippen LogP contribution >= 0.6 is 0 Å². The van der Waals surface area contributed by atoms with E-state index in [1.807, 2.05) is 12.2 Å². The Morgan fingerprint density at radius 3 is 2.86 bits per heavy atom. The van der Waals surface area contributed by atoms with Crippen molar-refractivity contribution in [2.45, 2.75) is 83.3 Å². The van der Waals surface area contributed by atoms with E-state index in [-0.39, 0.29) is 18.3 Å². The molecule has 128 valence electrons. The number of rotatable bonds is 9. The van der Waals surface area contributed by atoms with Crippen molar-refractivity contribution in [1.29, 1.82) is 0 Å². The normalized spacial score (nSPS) is 27.0. The number of esters is 1. The molecule has 1 fully saturated rings. The summed E-state index contributed by atoms with van der Waals surface area (Å²) in [6.07, 6.45) is 10.8. The van der Waals surface area contributed by atoms with Crippen LogP contribution in [0.1, 0.15) is 71.6 Å². The van der Waals surface area contributed by atoms with Crippen molar-refractivity contribution in [3.63, 3.8) is 0 Å². The summed E-state index contributed by atoms with van der Waals surface area (Å²) >= 11 is 0. The van der Waals surface area contributed by atoms with Crippen molar-refractivity contribution in [2.24, 2.45) is 5.92 Å². The van der Waals surface area contributed by atoms with Gasteiger partial charge in [-0.25, -0.2) is 0 Å². The number of hydrogen-bond donors (Lipinski definition) is 2. The molecule has 0 spiro atoms. The zero-order valence-electron chi connectivity index (χ0n) is 14.1. The number of allylic oxidation sites excluding steroid dienone is 1. The first-order chi connectivity index (χ1) is 10.5. The van der Waals surface area contributed by atoms with E-state index in [1.54, 1.807) is 6.92 Å². The van der Waals surface area contributed by atoms with E-state index in [2.05, 4.69) is 6.92 Å². The molecule has 4 heteroatoms. The molecule has 0 saturated heterocycles. The topological polar surface area (TPSA) is 66.8 Å². The maximum Gasteiger partial charge on any atom is 0.308 e. The van der Waals surface area contributed by atoms with Crippen LogP contribution in [0.5, 0.6) is 0 Å². The highest BCUT2D eigenvalue weighted by Crippen LogP contribution is 2.35. The van der Waals surface area contributed by atoms with Crippen LogP contribution in [-0.2, 0) is 9.53 Å². The highest BCUT2D eigenvalue weighted by molar-refractivity contribution is 5.70. The minimum Gasteiger partial charge on any atom is -0.466 e. The van der Waals surface area contributed by atoms with Gasteiger partial charge in [-0.15, -0.1) is 0 Å². The second-order valence-corrected chi connectivity index (χ2v) is 6.51.